The summed E-state index contributed by atoms with van der Waals surface area (Å²) in [6.07, 6.45) is 3.68. The van der Waals surface area contributed by atoms with Crippen LogP contribution in [0.15, 0.2) is 30.5 Å². The highest BCUT2D eigenvalue weighted by Gasteiger charge is 2.32. The molecule has 0 unspecified atom stereocenters. The summed E-state index contributed by atoms with van der Waals surface area (Å²) in [5.74, 6) is 1.65. The number of hydrogen-bond acceptors (Lipinski definition) is 5. The summed E-state index contributed by atoms with van der Waals surface area (Å²) >= 11 is 0. The first-order chi connectivity index (χ1) is 14.8. The number of nitrogen functional groups attached to an aromatic ring is 1. The number of aromatic nitrogens is 5. The minimum atomic E-state index is -0.382. The minimum absolute atomic E-state index is 0.158. The van der Waals surface area contributed by atoms with Gasteiger partial charge < -0.3 is 15.6 Å². The second-order valence-electron chi connectivity index (χ2n) is 9.39. The first-order valence-corrected chi connectivity index (χ1v) is 10.7. The van der Waals surface area contributed by atoms with Crippen LogP contribution in [0.1, 0.15) is 45.4 Å². The maximum absolute atomic E-state index is 12.8. The number of rotatable bonds is 2. The zero-order valence-electron chi connectivity index (χ0n) is 18.1. The fourth-order valence-electron chi connectivity index (χ4n) is 4.42. The molecular weight excluding hydrogens is 390 g/mol. The second kappa shape index (κ2) is 7.08. The van der Waals surface area contributed by atoms with Gasteiger partial charge in [0.05, 0.1) is 11.2 Å². The molecule has 0 bridgehead atoms. The molecule has 0 spiro atoms. The van der Waals surface area contributed by atoms with Gasteiger partial charge in [-0.25, -0.2) is 9.97 Å². The number of pyridine rings is 1. The van der Waals surface area contributed by atoms with Gasteiger partial charge in [0.25, 0.3) is 0 Å². The zero-order valence-corrected chi connectivity index (χ0v) is 18.1. The predicted octanol–water partition coefficient (Wildman–Crippen LogP) is 3.84. The molecule has 4 aromatic rings. The Kier molecular flexibility index (Phi) is 4.46. The topological polar surface area (TPSA) is 117 Å². The highest BCUT2D eigenvalue weighted by molar-refractivity contribution is 6.07. The molecule has 0 saturated carbocycles. The summed E-state index contributed by atoms with van der Waals surface area (Å²) in [4.78, 5) is 27.7. The number of nitrogens with one attached hydrogen (secondary N) is 2. The third-order valence-corrected chi connectivity index (χ3v) is 6.02. The highest BCUT2D eigenvalue weighted by atomic mass is 16.2. The molecule has 1 aliphatic rings. The summed E-state index contributed by atoms with van der Waals surface area (Å²) in [5, 5.41) is 7.95. The Balaban J connectivity index is 1.53. The van der Waals surface area contributed by atoms with Crippen molar-refractivity contribution in [1.29, 1.82) is 0 Å². The SMILES string of the molecule is CC(C)(C)C(=O)N1CCC[C@H](c2nc3c([nH]2)c(N)nc2cc(-c4ccn[nH]4)ccc23)C1. The van der Waals surface area contributed by atoms with E-state index < -0.39 is 0 Å². The molecule has 8 nitrogen and oxygen atoms in total. The van der Waals surface area contributed by atoms with Crippen molar-refractivity contribution in [3.8, 4) is 11.3 Å². The molecule has 8 heteroatoms. The molecule has 1 atom stereocenters. The highest BCUT2D eigenvalue weighted by Crippen LogP contribution is 2.33. The van der Waals surface area contributed by atoms with E-state index in [1.807, 2.05) is 49.9 Å². The van der Waals surface area contributed by atoms with Crippen LogP contribution in [0.3, 0.4) is 0 Å². The number of imidazole rings is 1. The molecule has 4 heterocycles. The summed E-state index contributed by atoms with van der Waals surface area (Å²) in [6, 6.07) is 7.98. The van der Waals surface area contributed by atoms with E-state index in [-0.39, 0.29) is 17.2 Å². The van der Waals surface area contributed by atoms with Gasteiger partial charge in [-0.3, -0.25) is 9.89 Å². The number of nitrogens with zero attached hydrogens (tertiary/aromatic N) is 4. The number of aromatic amines is 2. The third kappa shape index (κ3) is 3.41. The number of piperidine rings is 1. The fraction of sp³-hybridized carbons (Fsp3) is 0.391. The molecule has 1 saturated heterocycles. The normalized spacial score (nSPS) is 17.5. The molecule has 0 radical (unpaired) electrons. The average Bonchev–Trinajstić information content (AvgIpc) is 3.43. The molecule has 5 rings (SSSR count). The number of hydrogen-bond donors (Lipinski definition) is 3. The Labute approximate surface area is 180 Å². The molecule has 1 aromatic carbocycles. The zero-order chi connectivity index (χ0) is 21.8. The van der Waals surface area contributed by atoms with Crippen LogP contribution < -0.4 is 5.73 Å². The van der Waals surface area contributed by atoms with Crippen molar-refractivity contribution in [2.24, 2.45) is 5.41 Å². The van der Waals surface area contributed by atoms with Crippen molar-refractivity contribution in [3.05, 3.63) is 36.3 Å². The van der Waals surface area contributed by atoms with Crippen molar-refractivity contribution in [1.82, 2.24) is 30.0 Å². The van der Waals surface area contributed by atoms with Gasteiger partial charge in [-0.1, -0.05) is 26.8 Å². The Bertz CT molecular complexity index is 1270. The van der Waals surface area contributed by atoms with Gasteiger partial charge in [0, 0.05) is 41.6 Å². The van der Waals surface area contributed by atoms with E-state index in [1.54, 1.807) is 6.20 Å². The van der Waals surface area contributed by atoms with E-state index in [4.69, 9.17) is 10.7 Å². The van der Waals surface area contributed by atoms with Crippen molar-refractivity contribution < 1.29 is 4.79 Å². The maximum atomic E-state index is 12.8. The van der Waals surface area contributed by atoms with E-state index in [9.17, 15) is 4.79 Å². The number of amides is 1. The van der Waals surface area contributed by atoms with Gasteiger partial charge in [0.2, 0.25) is 5.91 Å². The van der Waals surface area contributed by atoms with Gasteiger partial charge in [-0.05, 0) is 31.0 Å². The van der Waals surface area contributed by atoms with Gasteiger partial charge >= 0.3 is 0 Å². The molecular formula is C23H27N7O. The fourth-order valence-corrected chi connectivity index (χ4v) is 4.42. The summed E-state index contributed by atoms with van der Waals surface area (Å²) < 4.78 is 0. The maximum Gasteiger partial charge on any atom is 0.227 e. The Morgan fingerprint density at radius 3 is 2.81 bits per heavy atom. The van der Waals surface area contributed by atoms with Crippen molar-refractivity contribution in [2.45, 2.75) is 39.5 Å². The number of H-pyrrole nitrogens is 2. The van der Waals surface area contributed by atoms with Crippen molar-refractivity contribution in [2.75, 3.05) is 18.8 Å². The lowest BCUT2D eigenvalue weighted by atomic mass is 9.91. The Morgan fingerprint density at radius 2 is 2.06 bits per heavy atom. The van der Waals surface area contributed by atoms with Gasteiger partial charge in [0.15, 0.2) is 0 Å². The van der Waals surface area contributed by atoms with Crippen LogP contribution in [0.25, 0.3) is 33.2 Å². The smallest absolute Gasteiger partial charge is 0.227 e. The lowest BCUT2D eigenvalue weighted by Gasteiger charge is -2.35. The summed E-state index contributed by atoms with van der Waals surface area (Å²) in [7, 11) is 0. The number of nitrogens with two attached hydrogens (primary N) is 1. The average molecular weight is 418 g/mol. The molecule has 160 valence electrons. The molecule has 1 fully saturated rings. The Morgan fingerprint density at radius 1 is 1.23 bits per heavy atom. The van der Waals surface area contributed by atoms with Gasteiger partial charge in [-0.2, -0.15) is 5.10 Å². The molecule has 31 heavy (non-hydrogen) atoms. The summed E-state index contributed by atoms with van der Waals surface area (Å²) in [5.41, 5.74) is 10.2. The van der Waals surface area contributed by atoms with Crippen LogP contribution in [-0.2, 0) is 4.79 Å². The minimum Gasteiger partial charge on any atom is -0.382 e. The predicted molar refractivity (Wildman–Crippen MR) is 121 cm³/mol. The van der Waals surface area contributed by atoms with E-state index in [0.29, 0.717) is 12.4 Å². The van der Waals surface area contributed by atoms with Crippen LogP contribution in [0, 0.1) is 5.41 Å². The van der Waals surface area contributed by atoms with E-state index >= 15 is 0 Å². The quantitative estimate of drug-likeness (QED) is 0.458. The van der Waals surface area contributed by atoms with Gasteiger partial charge in [0.1, 0.15) is 22.7 Å². The number of carbonyl (C=O) groups is 1. The number of carbonyl (C=O) groups excluding carboxylic acids is 1. The number of likely N-dealkylation sites (tertiary alicyclic amines) is 1. The van der Waals surface area contributed by atoms with Crippen LogP contribution in [0.5, 0.6) is 0 Å². The number of fused-ring (bicyclic) bond motifs is 3. The Hall–Kier alpha value is -3.42. The van der Waals surface area contributed by atoms with Crippen molar-refractivity contribution >= 4 is 33.7 Å². The van der Waals surface area contributed by atoms with Crippen LogP contribution >= 0.6 is 0 Å². The molecule has 1 aliphatic heterocycles. The molecule has 3 aromatic heterocycles. The van der Waals surface area contributed by atoms with E-state index in [2.05, 4.69) is 20.2 Å². The molecule has 4 N–H and O–H groups in total. The summed E-state index contributed by atoms with van der Waals surface area (Å²) in [6.45, 7) is 7.38. The first kappa shape index (κ1) is 19.5. The van der Waals surface area contributed by atoms with Crippen LogP contribution in [0.2, 0.25) is 0 Å². The van der Waals surface area contributed by atoms with E-state index in [0.717, 1.165) is 58.4 Å². The van der Waals surface area contributed by atoms with Crippen LogP contribution in [-0.4, -0.2) is 49.0 Å². The lowest BCUT2D eigenvalue weighted by Crippen LogP contribution is -2.44. The van der Waals surface area contributed by atoms with Crippen LogP contribution in [0.4, 0.5) is 5.82 Å². The number of anilines is 1. The lowest BCUT2D eigenvalue weighted by molar-refractivity contribution is -0.140. The third-order valence-electron chi connectivity index (χ3n) is 6.02. The van der Waals surface area contributed by atoms with Crippen molar-refractivity contribution in [3.63, 3.8) is 0 Å². The van der Waals surface area contributed by atoms with Gasteiger partial charge in [-0.15, -0.1) is 0 Å². The monoisotopic (exact) mass is 417 g/mol. The molecule has 0 aliphatic carbocycles. The molecule has 1 amide bonds. The largest absolute Gasteiger partial charge is 0.382 e. The number of benzene rings is 1. The standard InChI is InChI=1S/C23H27N7O/c1-23(2,3)22(31)30-10-4-5-14(12-30)21-27-18-15-7-6-13(16-8-9-25-29-16)11-17(15)26-20(24)19(18)28-21/h6-9,11,14H,4-5,10,12H2,1-3H3,(H2,24,26)(H,25,29)(H,27,28)/t14-/m0/s1. The second-order valence-corrected chi connectivity index (χ2v) is 9.39. The first-order valence-electron chi connectivity index (χ1n) is 10.7. The van der Waals surface area contributed by atoms with E-state index in [1.165, 1.54) is 0 Å².